The van der Waals surface area contributed by atoms with Crippen LogP contribution in [0.2, 0.25) is 0 Å². The largest absolute Gasteiger partial charge is 0.376 e. The van der Waals surface area contributed by atoms with Gasteiger partial charge in [0.25, 0.3) is 0 Å². The summed E-state index contributed by atoms with van der Waals surface area (Å²) in [6.45, 7) is 7.56. The number of benzene rings is 1. The number of hydrogen-bond donors (Lipinski definition) is 2. The van der Waals surface area contributed by atoms with E-state index in [0.29, 0.717) is 13.2 Å². The minimum absolute atomic E-state index is 0.0936. The highest BCUT2D eigenvalue weighted by atomic mass is 16.5. The number of hydrogen-bond acceptors (Lipinski definition) is 5. The van der Waals surface area contributed by atoms with E-state index in [-0.39, 0.29) is 12.2 Å². The van der Waals surface area contributed by atoms with Gasteiger partial charge in [-0.05, 0) is 38.7 Å². The second kappa shape index (κ2) is 11.7. The van der Waals surface area contributed by atoms with Crippen molar-refractivity contribution in [3.63, 3.8) is 0 Å². The molecule has 1 saturated heterocycles. The number of nitrogens with zero attached hydrogens (tertiary/aromatic N) is 4. The van der Waals surface area contributed by atoms with Crippen LogP contribution in [0.4, 0.5) is 0 Å². The Labute approximate surface area is 179 Å². The maximum atomic E-state index is 5.96. The first kappa shape index (κ1) is 22.2. The Morgan fingerprint density at radius 1 is 1.30 bits per heavy atom. The number of nitrogens with one attached hydrogen (secondary N) is 2. The highest BCUT2D eigenvalue weighted by Crippen LogP contribution is 2.15. The minimum Gasteiger partial charge on any atom is -0.376 e. The van der Waals surface area contributed by atoms with Gasteiger partial charge in [0.2, 0.25) is 0 Å². The molecule has 8 heteroatoms. The number of aromatic nitrogens is 3. The van der Waals surface area contributed by atoms with Crippen molar-refractivity contribution in [2.45, 2.75) is 51.9 Å². The van der Waals surface area contributed by atoms with Gasteiger partial charge >= 0.3 is 0 Å². The summed E-state index contributed by atoms with van der Waals surface area (Å²) < 4.78 is 13.6. The van der Waals surface area contributed by atoms with Gasteiger partial charge in [-0.3, -0.25) is 0 Å². The average molecular weight is 415 g/mol. The third kappa shape index (κ3) is 6.81. The Hall–Kier alpha value is -2.45. The number of guanidine groups is 1. The van der Waals surface area contributed by atoms with Crippen LogP contribution in [0.15, 0.2) is 35.3 Å². The van der Waals surface area contributed by atoms with Crippen molar-refractivity contribution in [1.82, 2.24) is 25.4 Å². The molecule has 0 amide bonds. The van der Waals surface area contributed by atoms with Crippen molar-refractivity contribution in [3.8, 4) is 0 Å². The van der Waals surface area contributed by atoms with Crippen LogP contribution in [0, 0.1) is 6.92 Å². The standard InChI is InChI=1S/C22H34N6O2/c1-17(19-9-5-4-6-10-19)29-14-8-12-23-22(24-15-20-11-7-13-30-20)25-16-21-27-26-18(2)28(21)3/h4-6,9-10,17,20H,7-8,11-16H2,1-3H3,(H2,23,24,25). The lowest BCUT2D eigenvalue weighted by Crippen LogP contribution is -2.41. The molecule has 8 nitrogen and oxygen atoms in total. The van der Waals surface area contributed by atoms with Crippen molar-refractivity contribution in [2.24, 2.45) is 12.0 Å². The van der Waals surface area contributed by atoms with E-state index in [1.54, 1.807) is 0 Å². The second-order valence-electron chi connectivity index (χ2n) is 7.61. The van der Waals surface area contributed by atoms with Gasteiger partial charge in [-0.25, -0.2) is 4.99 Å². The molecular formula is C22H34N6O2. The van der Waals surface area contributed by atoms with E-state index in [2.05, 4.69) is 44.9 Å². The minimum atomic E-state index is 0.0936. The fourth-order valence-electron chi connectivity index (χ4n) is 3.29. The fraction of sp³-hybridized carbons (Fsp3) is 0.591. The maximum absolute atomic E-state index is 5.96. The van der Waals surface area contributed by atoms with Gasteiger partial charge < -0.3 is 24.7 Å². The molecule has 0 bridgehead atoms. The Morgan fingerprint density at radius 3 is 2.83 bits per heavy atom. The molecule has 0 saturated carbocycles. The summed E-state index contributed by atoms with van der Waals surface area (Å²) in [5.74, 6) is 2.49. The van der Waals surface area contributed by atoms with Crippen LogP contribution in [0.5, 0.6) is 0 Å². The molecule has 164 valence electrons. The van der Waals surface area contributed by atoms with E-state index >= 15 is 0 Å². The van der Waals surface area contributed by atoms with Crippen molar-refractivity contribution in [3.05, 3.63) is 47.5 Å². The van der Waals surface area contributed by atoms with Crippen LogP contribution < -0.4 is 10.6 Å². The molecule has 0 aliphatic carbocycles. The van der Waals surface area contributed by atoms with Crippen LogP contribution in [0.3, 0.4) is 0 Å². The van der Waals surface area contributed by atoms with Gasteiger partial charge in [0.05, 0.1) is 12.2 Å². The van der Waals surface area contributed by atoms with Crippen molar-refractivity contribution in [2.75, 3.05) is 26.3 Å². The van der Waals surface area contributed by atoms with E-state index in [4.69, 9.17) is 9.47 Å². The predicted octanol–water partition coefficient (Wildman–Crippen LogP) is 2.51. The quantitative estimate of drug-likeness (QED) is 0.353. The third-order valence-electron chi connectivity index (χ3n) is 5.33. The van der Waals surface area contributed by atoms with E-state index in [0.717, 1.165) is 56.6 Å². The average Bonchev–Trinajstić information content (AvgIpc) is 3.40. The van der Waals surface area contributed by atoms with Crippen molar-refractivity contribution in [1.29, 1.82) is 0 Å². The van der Waals surface area contributed by atoms with Gasteiger partial charge in [-0.2, -0.15) is 0 Å². The first-order valence-corrected chi connectivity index (χ1v) is 10.8. The monoisotopic (exact) mass is 414 g/mol. The third-order valence-corrected chi connectivity index (χ3v) is 5.33. The SMILES string of the molecule is Cc1nnc(CN=C(NCCCOC(C)c2ccccc2)NCC2CCCO2)n1C. The lowest BCUT2D eigenvalue weighted by Gasteiger charge is -2.16. The molecule has 2 heterocycles. The van der Waals surface area contributed by atoms with Gasteiger partial charge in [0.1, 0.15) is 12.4 Å². The van der Waals surface area contributed by atoms with Crippen LogP contribution >= 0.6 is 0 Å². The van der Waals surface area contributed by atoms with Gasteiger partial charge in [-0.15, -0.1) is 10.2 Å². The zero-order valence-electron chi connectivity index (χ0n) is 18.3. The molecule has 1 fully saturated rings. The van der Waals surface area contributed by atoms with E-state index in [1.807, 2.05) is 36.7 Å². The summed E-state index contributed by atoms with van der Waals surface area (Å²) in [4.78, 5) is 4.68. The zero-order chi connectivity index (χ0) is 21.2. The second-order valence-corrected chi connectivity index (χ2v) is 7.61. The molecule has 0 spiro atoms. The summed E-state index contributed by atoms with van der Waals surface area (Å²) in [7, 11) is 1.96. The molecule has 1 aliphatic rings. The number of aryl methyl sites for hydroxylation is 1. The molecule has 2 aromatic rings. The van der Waals surface area contributed by atoms with Crippen LogP contribution in [-0.2, 0) is 23.1 Å². The summed E-state index contributed by atoms with van der Waals surface area (Å²) in [5, 5.41) is 15.1. The topological polar surface area (TPSA) is 85.6 Å². The van der Waals surface area contributed by atoms with Crippen molar-refractivity contribution < 1.29 is 9.47 Å². The molecule has 30 heavy (non-hydrogen) atoms. The Balaban J connectivity index is 1.45. The summed E-state index contributed by atoms with van der Waals surface area (Å²) in [6, 6.07) is 10.3. The van der Waals surface area contributed by atoms with E-state index in [1.165, 1.54) is 5.56 Å². The Kier molecular flexibility index (Phi) is 8.65. The molecule has 1 aliphatic heterocycles. The Morgan fingerprint density at radius 2 is 2.13 bits per heavy atom. The summed E-state index contributed by atoms with van der Waals surface area (Å²) in [6.07, 6.45) is 3.45. The van der Waals surface area contributed by atoms with Crippen molar-refractivity contribution >= 4 is 5.96 Å². The molecule has 2 unspecified atom stereocenters. The normalized spacial score (nSPS) is 17.8. The van der Waals surface area contributed by atoms with Crippen LogP contribution in [-0.4, -0.2) is 53.1 Å². The fourth-order valence-corrected chi connectivity index (χ4v) is 3.29. The van der Waals surface area contributed by atoms with E-state index < -0.39 is 0 Å². The molecule has 1 aromatic carbocycles. The number of rotatable bonds is 10. The van der Waals surface area contributed by atoms with Gasteiger partial charge in [0, 0.05) is 33.4 Å². The molecule has 1 aromatic heterocycles. The number of aliphatic imine (C=N–C) groups is 1. The lowest BCUT2D eigenvalue weighted by atomic mass is 10.1. The molecular weight excluding hydrogens is 380 g/mol. The Bertz CT molecular complexity index is 786. The lowest BCUT2D eigenvalue weighted by molar-refractivity contribution is 0.0646. The smallest absolute Gasteiger partial charge is 0.191 e. The summed E-state index contributed by atoms with van der Waals surface area (Å²) >= 11 is 0. The van der Waals surface area contributed by atoms with Crippen LogP contribution in [0.25, 0.3) is 0 Å². The zero-order valence-corrected chi connectivity index (χ0v) is 18.3. The highest BCUT2D eigenvalue weighted by molar-refractivity contribution is 5.79. The highest BCUT2D eigenvalue weighted by Gasteiger charge is 2.15. The molecule has 2 N–H and O–H groups in total. The van der Waals surface area contributed by atoms with Crippen LogP contribution in [0.1, 0.15) is 49.5 Å². The van der Waals surface area contributed by atoms with Gasteiger partial charge in [-0.1, -0.05) is 30.3 Å². The first-order valence-electron chi connectivity index (χ1n) is 10.8. The number of ether oxygens (including phenoxy) is 2. The van der Waals surface area contributed by atoms with Gasteiger partial charge in [0.15, 0.2) is 11.8 Å². The summed E-state index contributed by atoms with van der Waals surface area (Å²) in [5.41, 5.74) is 1.20. The van der Waals surface area contributed by atoms with E-state index in [9.17, 15) is 0 Å². The molecule has 3 rings (SSSR count). The molecule has 2 atom stereocenters. The maximum Gasteiger partial charge on any atom is 0.191 e. The first-order chi connectivity index (χ1) is 14.6. The predicted molar refractivity (Wildman–Crippen MR) is 117 cm³/mol. The molecule has 0 radical (unpaired) electrons.